The van der Waals surface area contributed by atoms with Crippen LogP contribution in [-0.2, 0) is 0 Å². The van der Waals surface area contributed by atoms with Crippen molar-refractivity contribution in [2.45, 2.75) is 13.0 Å². The Morgan fingerprint density at radius 1 is 1.07 bits per heavy atom. The summed E-state index contributed by atoms with van der Waals surface area (Å²) in [6, 6.07) is 8.65. The lowest BCUT2D eigenvalue weighted by Gasteiger charge is -2.14. The topological polar surface area (TPSA) is 65.9 Å². The Kier molecular flexibility index (Phi) is 10.7. The van der Waals surface area contributed by atoms with E-state index >= 15 is 0 Å². The summed E-state index contributed by atoms with van der Waals surface area (Å²) in [7, 11) is 0. The molecular weight excluding hydrogens is 486 g/mol. The second-order valence-corrected chi connectivity index (χ2v) is 5.64. The summed E-state index contributed by atoms with van der Waals surface area (Å²) in [6.45, 7) is 3.01. The van der Waals surface area contributed by atoms with Crippen LogP contribution in [0.3, 0.4) is 0 Å². The second kappa shape index (κ2) is 12.4. The highest BCUT2D eigenvalue weighted by Crippen LogP contribution is 2.17. The zero-order valence-electron chi connectivity index (χ0n) is 15.3. The van der Waals surface area contributed by atoms with Crippen molar-refractivity contribution in [1.29, 1.82) is 0 Å². The minimum absolute atomic E-state index is 0. The van der Waals surface area contributed by atoms with Crippen molar-refractivity contribution in [3.8, 4) is 5.75 Å². The number of hydrogen-bond donors (Lipinski definition) is 3. The van der Waals surface area contributed by atoms with Crippen LogP contribution in [0, 0.1) is 17.5 Å². The minimum atomic E-state index is -0.870. The van der Waals surface area contributed by atoms with Crippen LogP contribution in [0.25, 0.3) is 0 Å². The summed E-state index contributed by atoms with van der Waals surface area (Å²) in [5, 5.41) is 16.1. The quantitative estimate of drug-likeness (QED) is 0.221. The van der Waals surface area contributed by atoms with Crippen molar-refractivity contribution in [2.75, 3.05) is 26.2 Å². The molecule has 3 N–H and O–H groups in total. The molecule has 2 aromatic rings. The molecule has 5 nitrogen and oxygen atoms in total. The number of aliphatic hydroxyl groups is 1. The number of aliphatic imine (C=N–C) groups is 1. The molecule has 0 fully saturated rings. The van der Waals surface area contributed by atoms with Gasteiger partial charge in [-0.25, -0.2) is 13.2 Å². The van der Waals surface area contributed by atoms with Crippen molar-refractivity contribution < 1.29 is 23.0 Å². The van der Waals surface area contributed by atoms with E-state index in [1.807, 2.05) is 6.92 Å². The molecule has 1 atom stereocenters. The number of aliphatic hydroxyl groups excluding tert-OH is 1. The van der Waals surface area contributed by atoms with E-state index in [1.54, 1.807) is 0 Å². The van der Waals surface area contributed by atoms with Crippen molar-refractivity contribution in [3.63, 3.8) is 0 Å². The molecule has 9 heteroatoms. The third kappa shape index (κ3) is 7.93. The maximum atomic E-state index is 13.5. The number of benzene rings is 2. The fourth-order valence-corrected chi connectivity index (χ4v) is 2.23. The van der Waals surface area contributed by atoms with Crippen molar-refractivity contribution >= 4 is 29.9 Å². The average molecular weight is 509 g/mol. The van der Waals surface area contributed by atoms with Crippen LogP contribution in [-0.4, -0.2) is 37.3 Å². The van der Waals surface area contributed by atoms with E-state index in [0.29, 0.717) is 24.6 Å². The Labute approximate surface area is 179 Å². The van der Waals surface area contributed by atoms with Gasteiger partial charge in [-0.15, -0.1) is 24.0 Å². The standard InChI is InChI=1S/C19H22F3N3O2.HI/c1-2-23-19(25-12-17(26)13-3-5-14(20)6-4-13)24-9-10-27-18-8-7-15(21)11-16(18)22;/h3-8,11,17,26H,2,9-10,12H2,1H3,(H2,23,24,25);1H. The van der Waals surface area contributed by atoms with E-state index in [2.05, 4.69) is 15.6 Å². The Hall–Kier alpha value is -2.01. The van der Waals surface area contributed by atoms with Crippen molar-refractivity contribution in [2.24, 2.45) is 4.99 Å². The molecule has 0 aromatic heterocycles. The molecule has 0 aliphatic rings. The number of hydrogen-bond acceptors (Lipinski definition) is 3. The molecule has 0 amide bonds. The Balaban J connectivity index is 0.00000392. The number of halogens is 4. The van der Waals surface area contributed by atoms with Gasteiger partial charge in [-0.1, -0.05) is 12.1 Å². The SMILES string of the molecule is CCNC(=NCC(O)c1ccc(F)cc1)NCCOc1ccc(F)cc1F.I. The van der Waals surface area contributed by atoms with Gasteiger partial charge in [0.25, 0.3) is 0 Å². The molecule has 0 radical (unpaired) electrons. The summed E-state index contributed by atoms with van der Waals surface area (Å²) in [6.07, 6.45) is -0.870. The summed E-state index contributed by atoms with van der Waals surface area (Å²) in [5.41, 5.74) is 0.561. The van der Waals surface area contributed by atoms with Crippen molar-refractivity contribution in [3.05, 3.63) is 65.5 Å². The fraction of sp³-hybridized carbons (Fsp3) is 0.316. The lowest BCUT2D eigenvalue weighted by molar-refractivity contribution is 0.187. The van der Waals surface area contributed by atoms with Gasteiger partial charge in [0.15, 0.2) is 17.5 Å². The summed E-state index contributed by atoms with van der Waals surface area (Å²) in [5.74, 6) is -1.40. The third-order valence-corrected chi connectivity index (χ3v) is 3.57. The first-order valence-electron chi connectivity index (χ1n) is 8.53. The van der Waals surface area contributed by atoms with Gasteiger partial charge < -0.3 is 20.5 Å². The molecule has 0 aliphatic heterocycles. The molecule has 154 valence electrons. The fourth-order valence-electron chi connectivity index (χ4n) is 2.23. The van der Waals surface area contributed by atoms with Crippen LogP contribution in [0.4, 0.5) is 13.2 Å². The van der Waals surface area contributed by atoms with E-state index < -0.39 is 17.7 Å². The maximum Gasteiger partial charge on any atom is 0.191 e. The number of nitrogens with one attached hydrogen (secondary N) is 2. The van der Waals surface area contributed by atoms with E-state index in [0.717, 1.165) is 12.1 Å². The molecule has 2 aromatic carbocycles. The third-order valence-electron chi connectivity index (χ3n) is 3.57. The van der Waals surface area contributed by atoms with Gasteiger partial charge in [0, 0.05) is 12.6 Å². The highest BCUT2D eigenvalue weighted by atomic mass is 127. The zero-order valence-corrected chi connectivity index (χ0v) is 17.6. The number of nitrogens with zero attached hydrogens (tertiary/aromatic N) is 1. The Bertz CT molecular complexity index is 761. The molecule has 0 heterocycles. The first-order valence-corrected chi connectivity index (χ1v) is 8.53. The largest absolute Gasteiger partial charge is 0.489 e. The highest BCUT2D eigenvalue weighted by Gasteiger charge is 2.08. The lowest BCUT2D eigenvalue weighted by atomic mass is 10.1. The highest BCUT2D eigenvalue weighted by molar-refractivity contribution is 14.0. The van der Waals surface area contributed by atoms with E-state index in [-0.39, 0.29) is 48.7 Å². The predicted octanol–water partition coefficient (Wildman–Crippen LogP) is 3.39. The monoisotopic (exact) mass is 509 g/mol. The van der Waals surface area contributed by atoms with Gasteiger partial charge in [0.2, 0.25) is 0 Å². The average Bonchev–Trinajstić information content (AvgIpc) is 2.64. The van der Waals surface area contributed by atoms with E-state index in [4.69, 9.17) is 4.74 Å². The smallest absolute Gasteiger partial charge is 0.191 e. The summed E-state index contributed by atoms with van der Waals surface area (Å²) >= 11 is 0. The van der Waals surface area contributed by atoms with Gasteiger partial charge in [-0.3, -0.25) is 4.99 Å². The normalized spacial score (nSPS) is 12.1. The molecular formula is C19H23F3IN3O2. The zero-order chi connectivity index (χ0) is 19.6. The van der Waals surface area contributed by atoms with Crippen LogP contribution in [0.15, 0.2) is 47.5 Å². The van der Waals surface area contributed by atoms with E-state index in [1.165, 1.54) is 30.3 Å². The predicted molar refractivity (Wildman–Crippen MR) is 113 cm³/mol. The molecule has 0 saturated carbocycles. The van der Waals surface area contributed by atoms with Crippen LogP contribution in [0.2, 0.25) is 0 Å². The van der Waals surface area contributed by atoms with Gasteiger partial charge in [-0.2, -0.15) is 0 Å². The summed E-state index contributed by atoms with van der Waals surface area (Å²) < 4.78 is 44.5. The molecule has 28 heavy (non-hydrogen) atoms. The minimum Gasteiger partial charge on any atom is -0.489 e. The molecule has 1 unspecified atom stereocenters. The van der Waals surface area contributed by atoms with Crippen LogP contribution < -0.4 is 15.4 Å². The molecule has 0 bridgehead atoms. The molecule has 0 saturated heterocycles. The van der Waals surface area contributed by atoms with Gasteiger partial charge in [-0.05, 0) is 36.8 Å². The van der Waals surface area contributed by atoms with Gasteiger partial charge >= 0.3 is 0 Å². The number of ether oxygens (including phenoxy) is 1. The maximum absolute atomic E-state index is 13.5. The lowest BCUT2D eigenvalue weighted by Crippen LogP contribution is -2.39. The molecule has 2 rings (SSSR count). The Morgan fingerprint density at radius 2 is 1.75 bits per heavy atom. The van der Waals surface area contributed by atoms with Gasteiger partial charge in [0.05, 0.1) is 19.2 Å². The number of guanidine groups is 1. The molecule has 0 aliphatic carbocycles. The first-order chi connectivity index (χ1) is 13.0. The van der Waals surface area contributed by atoms with Crippen molar-refractivity contribution in [1.82, 2.24) is 10.6 Å². The first kappa shape index (κ1) is 24.0. The van der Waals surface area contributed by atoms with Crippen LogP contribution >= 0.6 is 24.0 Å². The van der Waals surface area contributed by atoms with Crippen LogP contribution in [0.1, 0.15) is 18.6 Å². The molecule has 0 spiro atoms. The van der Waals surface area contributed by atoms with Crippen LogP contribution in [0.5, 0.6) is 5.75 Å². The second-order valence-electron chi connectivity index (χ2n) is 5.64. The van der Waals surface area contributed by atoms with E-state index in [9.17, 15) is 18.3 Å². The van der Waals surface area contributed by atoms with Gasteiger partial charge in [0.1, 0.15) is 18.2 Å². The summed E-state index contributed by atoms with van der Waals surface area (Å²) in [4.78, 5) is 4.26. The Morgan fingerprint density at radius 3 is 2.39 bits per heavy atom. The number of rotatable bonds is 8.